The Kier molecular flexibility index (Phi) is 8.55. The average molecular weight is 300 g/mol. The lowest BCUT2D eigenvalue weighted by Gasteiger charge is -2.38. The highest BCUT2D eigenvalue weighted by atomic mass is 16.5. The van der Waals surface area contributed by atoms with Gasteiger partial charge in [-0.2, -0.15) is 0 Å². The average Bonchev–Trinajstić information content (AvgIpc) is 2.45. The van der Waals surface area contributed by atoms with E-state index in [2.05, 4.69) is 38.3 Å². The van der Waals surface area contributed by atoms with E-state index in [4.69, 9.17) is 4.74 Å². The Bertz CT molecular complexity index is 325. The third-order valence-electron chi connectivity index (χ3n) is 4.73. The molecule has 0 aliphatic carbocycles. The first-order valence-corrected chi connectivity index (χ1v) is 7.81. The normalized spacial score (nSPS) is 19.7. The highest BCUT2D eigenvalue weighted by Crippen LogP contribution is 2.26. The van der Waals surface area contributed by atoms with Crippen molar-refractivity contribution in [1.82, 2.24) is 10.6 Å². The Hall–Kier alpha value is -1.10. The third-order valence-corrected chi connectivity index (χ3v) is 4.73. The molecule has 0 radical (unpaired) electrons. The summed E-state index contributed by atoms with van der Waals surface area (Å²) in [6.45, 7) is 12.9. The van der Waals surface area contributed by atoms with Crippen LogP contribution < -0.4 is 10.6 Å². The minimum absolute atomic E-state index is 0.0772. The monoisotopic (exact) mass is 300 g/mol. The van der Waals surface area contributed by atoms with Crippen LogP contribution in [-0.4, -0.2) is 36.6 Å². The second-order valence-corrected chi connectivity index (χ2v) is 6.44. The maximum atomic E-state index is 10.8. The molecule has 5 nitrogen and oxygen atoms in total. The van der Waals surface area contributed by atoms with Gasteiger partial charge in [0.05, 0.1) is 12.2 Å². The fraction of sp³-hybridized carbons (Fsp3) is 0.875. The van der Waals surface area contributed by atoms with Gasteiger partial charge < -0.3 is 15.4 Å². The standard InChI is InChI=1S/C16H32N2O3/c1-7-15(5,9-14(4)17-11-19)21-10-13(3)16(6,8-2)18-12-20/h11-14H,7-10H2,1-6H3,(H,17,19)(H,18,20). The van der Waals surface area contributed by atoms with Crippen LogP contribution in [0.2, 0.25) is 0 Å². The predicted molar refractivity (Wildman–Crippen MR) is 85.0 cm³/mol. The Labute approximate surface area is 129 Å². The Morgan fingerprint density at radius 1 is 1.10 bits per heavy atom. The van der Waals surface area contributed by atoms with Crippen molar-refractivity contribution in [2.45, 2.75) is 78.0 Å². The summed E-state index contributed by atoms with van der Waals surface area (Å²) in [5, 5.41) is 5.67. The fourth-order valence-electron chi connectivity index (χ4n) is 2.37. The molecular weight excluding hydrogens is 268 g/mol. The Balaban J connectivity index is 4.62. The van der Waals surface area contributed by atoms with Gasteiger partial charge in [-0.05, 0) is 40.0 Å². The van der Waals surface area contributed by atoms with Crippen LogP contribution in [0.15, 0.2) is 0 Å². The number of ether oxygens (including phenoxy) is 1. The van der Waals surface area contributed by atoms with E-state index in [0.717, 1.165) is 32.1 Å². The molecular formula is C16H32N2O3. The molecule has 0 rings (SSSR count). The zero-order chi connectivity index (χ0) is 16.5. The molecule has 0 aliphatic heterocycles. The molecule has 0 spiro atoms. The predicted octanol–water partition coefficient (Wildman–Crippen LogP) is 2.25. The number of rotatable bonds is 12. The smallest absolute Gasteiger partial charge is 0.207 e. The summed E-state index contributed by atoms with van der Waals surface area (Å²) in [7, 11) is 0. The van der Waals surface area contributed by atoms with Crippen molar-refractivity contribution in [3.8, 4) is 0 Å². The van der Waals surface area contributed by atoms with Crippen molar-refractivity contribution < 1.29 is 14.3 Å². The lowest BCUT2D eigenvalue weighted by atomic mass is 9.85. The maximum Gasteiger partial charge on any atom is 0.207 e. The molecule has 0 bridgehead atoms. The van der Waals surface area contributed by atoms with Crippen molar-refractivity contribution in [3.63, 3.8) is 0 Å². The van der Waals surface area contributed by atoms with E-state index >= 15 is 0 Å². The molecule has 0 aromatic carbocycles. The summed E-state index contributed by atoms with van der Waals surface area (Å²) in [4.78, 5) is 21.3. The molecule has 4 atom stereocenters. The molecule has 5 heteroatoms. The number of carbonyl (C=O) groups excluding carboxylic acids is 2. The Morgan fingerprint density at radius 3 is 2.14 bits per heavy atom. The highest BCUT2D eigenvalue weighted by molar-refractivity contribution is 5.48. The number of hydrogen-bond acceptors (Lipinski definition) is 3. The summed E-state index contributed by atoms with van der Waals surface area (Å²) in [6, 6.07) is 0.0772. The third kappa shape index (κ3) is 6.46. The lowest BCUT2D eigenvalue weighted by molar-refractivity contribution is -0.113. The SMILES string of the molecule is CCC(C)(CC(C)NC=O)OCC(C)C(C)(CC)NC=O. The van der Waals surface area contributed by atoms with E-state index in [1.54, 1.807) is 0 Å². The molecule has 124 valence electrons. The van der Waals surface area contributed by atoms with Crippen LogP contribution in [0.5, 0.6) is 0 Å². The van der Waals surface area contributed by atoms with Crippen molar-refractivity contribution in [1.29, 1.82) is 0 Å². The summed E-state index contributed by atoms with van der Waals surface area (Å²) >= 11 is 0. The van der Waals surface area contributed by atoms with Crippen LogP contribution in [0.3, 0.4) is 0 Å². The summed E-state index contributed by atoms with van der Waals surface area (Å²) in [5.74, 6) is 0.202. The minimum Gasteiger partial charge on any atom is -0.375 e. The van der Waals surface area contributed by atoms with E-state index < -0.39 is 0 Å². The van der Waals surface area contributed by atoms with Crippen LogP contribution in [-0.2, 0) is 14.3 Å². The van der Waals surface area contributed by atoms with Gasteiger partial charge in [0.2, 0.25) is 12.8 Å². The van der Waals surface area contributed by atoms with Gasteiger partial charge in [-0.1, -0.05) is 20.8 Å². The first-order valence-electron chi connectivity index (χ1n) is 7.81. The topological polar surface area (TPSA) is 67.4 Å². The van der Waals surface area contributed by atoms with Crippen molar-refractivity contribution in [3.05, 3.63) is 0 Å². The van der Waals surface area contributed by atoms with Crippen LogP contribution in [0.1, 0.15) is 60.8 Å². The number of carbonyl (C=O) groups is 2. The van der Waals surface area contributed by atoms with E-state index in [-0.39, 0.29) is 23.1 Å². The van der Waals surface area contributed by atoms with Crippen molar-refractivity contribution in [2.24, 2.45) is 5.92 Å². The van der Waals surface area contributed by atoms with Gasteiger partial charge in [-0.3, -0.25) is 9.59 Å². The molecule has 2 N–H and O–H groups in total. The van der Waals surface area contributed by atoms with Crippen molar-refractivity contribution >= 4 is 12.8 Å². The lowest BCUT2D eigenvalue weighted by Crippen LogP contribution is -2.49. The molecule has 0 heterocycles. The van der Waals surface area contributed by atoms with Gasteiger partial charge in [0.1, 0.15) is 0 Å². The molecule has 0 saturated carbocycles. The number of hydrogen-bond donors (Lipinski definition) is 2. The van der Waals surface area contributed by atoms with Gasteiger partial charge in [-0.15, -0.1) is 0 Å². The van der Waals surface area contributed by atoms with Crippen LogP contribution in [0, 0.1) is 5.92 Å². The van der Waals surface area contributed by atoms with Crippen molar-refractivity contribution in [2.75, 3.05) is 6.61 Å². The first-order chi connectivity index (χ1) is 9.76. The van der Waals surface area contributed by atoms with Gasteiger partial charge in [0, 0.05) is 17.5 Å². The summed E-state index contributed by atoms with van der Waals surface area (Å²) < 4.78 is 6.14. The largest absolute Gasteiger partial charge is 0.375 e. The number of nitrogens with one attached hydrogen (secondary N) is 2. The minimum atomic E-state index is -0.278. The van der Waals surface area contributed by atoms with Gasteiger partial charge >= 0.3 is 0 Å². The molecule has 21 heavy (non-hydrogen) atoms. The molecule has 4 unspecified atom stereocenters. The summed E-state index contributed by atoms with van der Waals surface area (Å²) in [5.41, 5.74) is -0.539. The molecule has 0 aromatic heterocycles. The summed E-state index contributed by atoms with van der Waals surface area (Å²) in [6.07, 6.45) is 3.97. The second kappa shape index (κ2) is 9.03. The highest BCUT2D eigenvalue weighted by Gasteiger charge is 2.32. The van der Waals surface area contributed by atoms with E-state index in [1.807, 2.05) is 13.8 Å². The fourth-order valence-corrected chi connectivity index (χ4v) is 2.37. The zero-order valence-corrected chi connectivity index (χ0v) is 14.4. The van der Waals surface area contributed by atoms with Gasteiger partial charge in [-0.25, -0.2) is 0 Å². The first kappa shape index (κ1) is 19.9. The quantitative estimate of drug-likeness (QED) is 0.543. The molecule has 0 saturated heterocycles. The van der Waals surface area contributed by atoms with Crippen LogP contribution >= 0.6 is 0 Å². The van der Waals surface area contributed by atoms with E-state index in [1.165, 1.54) is 0 Å². The van der Waals surface area contributed by atoms with Crippen LogP contribution in [0.25, 0.3) is 0 Å². The van der Waals surface area contributed by atoms with E-state index in [0.29, 0.717) is 6.61 Å². The van der Waals surface area contributed by atoms with E-state index in [9.17, 15) is 9.59 Å². The zero-order valence-electron chi connectivity index (χ0n) is 14.4. The van der Waals surface area contributed by atoms with Gasteiger partial charge in [0.25, 0.3) is 0 Å². The molecule has 0 aliphatic rings. The molecule has 0 fully saturated rings. The number of amides is 2. The molecule has 2 amide bonds. The van der Waals surface area contributed by atoms with Crippen LogP contribution in [0.4, 0.5) is 0 Å². The van der Waals surface area contributed by atoms with Gasteiger partial charge in [0.15, 0.2) is 0 Å². The Morgan fingerprint density at radius 2 is 1.71 bits per heavy atom. The maximum absolute atomic E-state index is 10.8. The second-order valence-electron chi connectivity index (χ2n) is 6.44. The molecule has 0 aromatic rings.